The average molecular weight is 299 g/mol. The van der Waals surface area contributed by atoms with Crippen molar-refractivity contribution in [1.82, 2.24) is 9.38 Å². The van der Waals surface area contributed by atoms with Crippen LogP contribution in [0.4, 0.5) is 0 Å². The molecule has 1 aromatic carbocycles. The van der Waals surface area contributed by atoms with Gasteiger partial charge in [-0.1, -0.05) is 6.07 Å². The van der Waals surface area contributed by atoms with E-state index in [9.17, 15) is 0 Å². The fourth-order valence-corrected chi connectivity index (χ4v) is 3.69. The highest BCUT2D eigenvalue weighted by atomic mass is 32.1. The molecule has 0 unspecified atom stereocenters. The van der Waals surface area contributed by atoms with E-state index in [0.717, 1.165) is 22.8 Å². The Bertz CT molecular complexity index is 790. The molecule has 0 spiro atoms. The molecule has 0 atom stereocenters. The first-order valence-electron chi connectivity index (χ1n) is 7.29. The molecular weight excluding hydrogens is 282 g/mol. The maximum Gasteiger partial charge on any atom is 0.243 e. The summed E-state index contributed by atoms with van der Waals surface area (Å²) in [6, 6.07) is 6.38. The minimum Gasteiger partial charge on any atom is -0.437 e. The van der Waals surface area contributed by atoms with E-state index in [2.05, 4.69) is 17.1 Å². The van der Waals surface area contributed by atoms with Crippen molar-refractivity contribution in [1.29, 1.82) is 0 Å². The number of benzene rings is 1. The number of imidazole rings is 1. The van der Waals surface area contributed by atoms with Crippen molar-refractivity contribution in [3.8, 4) is 11.6 Å². The lowest BCUT2D eigenvalue weighted by atomic mass is 9.92. The van der Waals surface area contributed by atoms with Gasteiger partial charge in [0.05, 0.1) is 0 Å². The van der Waals surface area contributed by atoms with Crippen molar-refractivity contribution in [2.24, 2.45) is 5.73 Å². The molecule has 2 aromatic heterocycles. The van der Waals surface area contributed by atoms with E-state index >= 15 is 0 Å². The van der Waals surface area contributed by atoms with Gasteiger partial charge in [-0.25, -0.2) is 0 Å². The summed E-state index contributed by atoms with van der Waals surface area (Å²) in [7, 11) is 0. The highest BCUT2D eigenvalue weighted by Gasteiger charge is 2.15. The Labute approximate surface area is 127 Å². The fourth-order valence-electron chi connectivity index (χ4n) is 2.97. The van der Waals surface area contributed by atoms with Crippen LogP contribution in [0.1, 0.15) is 29.7 Å². The molecule has 4 rings (SSSR count). The zero-order valence-corrected chi connectivity index (χ0v) is 12.5. The quantitative estimate of drug-likeness (QED) is 0.805. The van der Waals surface area contributed by atoms with Gasteiger partial charge in [0.25, 0.3) is 0 Å². The highest BCUT2D eigenvalue weighted by molar-refractivity contribution is 7.15. The Morgan fingerprint density at radius 3 is 2.95 bits per heavy atom. The Hall–Kier alpha value is -1.85. The third kappa shape index (κ3) is 2.22. The molecule has 21 heavy (non-hydrogen) atoms. The molecule has 2 heterocycles. The number of aromatic nitrogens is 2. The van der Waals surface area contributed by atoms with Gasteiger partial charge in [-0.3, -0.25) is 4.40 Å². The maximum absolute atomic E-state index is 6.00. The lowest BCUT2D eigenvalue weighted by Crippen LogP contribution is -2.04. The molecule has 108 valence electrons. The lowest BCUT2D eigenvalue weighted by Gasteiger charge is -2.16. The number of rotatable bonds is 3. The zero-order chi connectivity index (χ0) is 14.2. The molecule has 0 saturated carbocycles. The number of fused-ring (bicyclic) bond motifs is 2. The van der Waals surface area contributed by atoms with E-state index in [4.69, 9.17) is 10.5 Å². The van der Waals surface area contributed by atoms with E-state index in [1.807, 2.05) is 22.0 Å². The van der Waals surface area contributed by atoms with Gasteiger partial charge in [0.2, 0.25) is 5.88 Å². The van der Waals surface area contributed by atoms with E-state index in [-0.39, 0.29) is 0 Å². The first-order chi connectivity index (χ1) is 10.3. The van der Waals surface area contributed by atoms with Crippen LogP contribution < -0.4 is 10.5 Å². The van der Waals surface area contributed by atoms with Crippen molar-refractivity contribution in [2.75, 3.05) is 0 Å². The van der Waals surface area contributed by atoms with Gasteiger partial charge in [0.15, 0.2) is 4.96 Å². The van der Waals surface area contributed by atoms with Gasteiger partial charge in [0, 0.05) is 18.1 Å². The molecule has 1 aliphatic rings. The average Bonchev–Trinajstić information content (AvgIpc) is 3.07. The molecule has 2 N–H and O–H groups in total. The molecule has 1 aliphatic carbocycles. The van der Waals surface area contributed by atoms with Gasteiger partial charge in [-0.05, 0) is 48.9 Å². The Morgan fingerprint density at radius 2 is 2.10 bits per heavy atom. The summed E-state index contributed by atoms with van der Waals surface area (Å²) in [6.07, 6.45) is 6.87. The molecule has 3 aromatic rings. The maximum atomic E-state index is 6.00. The Kier molecular flexibility index (Phi) is 3.16. The van der Waals surface area contributed by atoms with Crippen molar-refractivity contribution < 1.29 is 4.74 Å². The number of thiazole rings is 1. The monoisotopic (exact) mass is 299 g/mol. The zero-order valence-electron chi connectivity index (χ0n) is 11.7. The fraction of sp³-hybridized carbons (Fsp3) is 0.312. The van der Waals surface area contributed by atoms with Crippen LogP contribution in [0.25, 0.3) is 4.96 Å². The van der Waals surface area contributed by atoms with Crippen molar-refractivity contribution in [3.63, 3.8) is 0 Å². The van der Waals surface area contributed by atoms with Crippen LogP contribution in [-0.2, 0) is 19.4 Å². The Balaban J connectivity index is 1.69. The molecule has 0 radical (unpaired) electrons. The van der Waals surface area contributed by atoms with Crippen LogP contribution in [0.2, 0.25) is 0 Å². The standard InChI is InChI=1S/C16H17N3OS/c17-10-14-15(18-16-19(14)7-8-21-16)20-13-6-5-11-3-1-2-4-12(11)9-13/h5-9H,1-4,10,17H2. The van der Waals surface area contributed by atoms with Gasteiger partial charge in [-0.15, -0.1) is 11.3 Å². The van der Waals surface area contributed by atoms with Crippen LogP contribution in [0.3, 0.4) is 0 Å². The largest absolute Gasteiger partial charge is 0.437 e. The van der Waals surface area contributed by atoms with Crippen LogP contribution in [0.5, 0.6) is 11.6 Å². The number of nitrogens with zero attached hydrogens (tertiary/aromatic N) is 2. The Morgan fingerprint density at radius 1 is 1.24 bits per heavy atom. The smallest absolute Gasteiger partial charge is 0.243 e. The van der Waals surface area contributed by atoms with E-state index in [1.165, 1.54) is 30.4 Å². The molecule has 0 bridgehead atoms. The second kappa shape index (κ2) is 5.16. The molecule has 4 nitrogen and oxygen atoms in total. The molecule has 0 amide bonds. The predicted octanol–water partition coefficient (Wildman–Crippen LogP) is 3.53. The van der Waals surface area contributed by atoms with Gasteiger partial charge in [-0.2, -0.15) is 4.98 Å². The number of ether oxygens (including phenoxy) is 1. The van der Waals surface area contributed by atoms with Gasteiger partial charge < -0.3 is 10.5 Å². The molecule has 5 heteroatoms. The van der Waals surface area contributed by atoms with Crippen LogP contribution in [0.15, 0.2) is 29.8 Å². The van der Waals surface area contributed by atoms with Crippen LogP contribution in [-0.4, -0.2) is 9.38 Å². The first-order valence-corrected chi connectivity index (χ1v) is 8.17. The second-order valence-electron chi connectivity index (χ2n) is 5.36. The van der Waals surface area contributed by atoms with E-state index < -0.39 is 0 Å². The summed E-state index contributed by atoms with van der Waals surface area (Å²) < 4.78 is 8.00. The van der Waals surface area contributed by atoms with Gasteiger partial charge in [0.1, 0.15) is 11.4 Å². The topological polar surface area (TPSA) is 52.5 Å². The molecule has 0 aliphatic heterocycles. The molecule has 0 fully saturated rings. The first kappa shape index (κ1) is 12.9. The summed E-state index contributed by atoms with van der Waals surface area (Å²) in [5.41, 5.74) is 9.64. The third-order valence-corrected chi connectivity index (χ3v) is 4.81. The third-order valence-electron chi connectivity index (χ3n) is 4.05. The lowest BCUT2D eigenvalue weighted by molar-refractivity contribution is 0.458. The molecular formula is C16H17N3OS. The summed E-state index contributed by atoms with van der Waals surface area (Å²) in [5, 5.41) is 2.00. The minimum absolute atomic E-state index is 0.415. The molecule has 0 saturated heterocycles. The summed E-state index contributed by atoms with van der Waals surface area (Å²) in [4.78, 5) is 5.45. The van der Waals surface area contributed by atoms with Crippen LogP contribution >= 0.6 is 11.3 Å². The van der Waals surface area contributed by atoms with Crippen molar-refractivity contribution in [3.05, 3.63) is 46.6 Å². The van der Waals surface area contributed by atoms with Crippen LogP contribution in [0, 0.1) is 0 Å². The highest BCUT2D eigenvalue weighted by Crippen LogP contribution is 2.30. The minimum atomic E-state index is 0.415. The van der Waals surface area contributed by atoms with E-state index in [0.29, 0.717) is 12.4 Å². The SMILES string of the molecule is NCc1c(Oc2ccc3c(c2)CCCC3)nc2sccn12. The van der Waals surface area contributed by atoms with Gasteiger partial charge >= 0.3 is 0 Å². The summed E-state index contributed by atoms with van der Waals surface area (Å²) >= 11 is 1.59. The normalized spacial score (nSPS) is 14.3. The summed E-state index contributed by atoms with van der Waals surface area (Å²) in [6.45, 7) is 0.415. The summed E-state index contributed by atoms with van der Waals surface area (Å²) in [5.74, 6) is 1.48. The number of aryl methyl sites for hydroxylation is 2. The number of hydrogen-bond acceptors (Lipinski definition) is 4. The second-order valence-corrected chi connectivity index (χ2v) is 6.24. The van der Waals surface area contributed by atoms with Crippen molar-refractivity contribution >= 4 is 16.3 Å². The predicted molar refractivity (Wildman–Crippen MR) is 84.1 cm³/mol. The van der Waals surface area contributed by atoms with Crippen molar-refractivity contribution in [2.45, 2.75) is 32.2 Å². The number of nitrogens with two attached hydrogens (primary N) is 1. The van der Waals surface area contributed by atoms with E-state index in [1.54, 1.807) is 11.3 Å². The number of hydrogen-bond donors (Lipinski definition) is 1.